The summed E-state index contributed by atoms with van der Waals surface area (Å²) in [6, 6.07) is 12.1. The van der Waals surface area contributed by atoms with Gasteiger partial charge in [-0.1, -0.05) is 41.9 Å². The molecule has 0 bridgehead atoms. The molecule has 0 saturated carbocycles. The molecule has 4 nitrogen and oxygen atoms in total. The van der Waals surface area contributed by atoms with Crippen LogP contribution in [-0.4, -0.2) is 13.4 Å². The summed E-state index contributed by atoms with van der Waals surface area (Å²) < 4.78 is 27.9. The first-order valence-electron chi connectivity index (χ1n) is 5.24. The van der Waals surface area contributed by atoms with E-state index in [1.165, 1.54) is 12.1 Å². The first-order valence-corrected chi connectivity index (χ1v) is 7.93. The molecule has 100 valence electrons. The topological polar surface area (TPSA) is 56.3 Å². The van der Waals surface area contributed by atoms with Crippen LogP contribution in [0.5, 0.6) is 5.75 Å². The highest BCUT2D eigenvalue weighted by Gasteiger charge is 2.14. The van der Waals surface area contributed by atoms with E-state index in [9.17, 15) is 8.42 Å². The Labute approximate surface area is 120 Å². The minimum atomic E-state index is -3.93. The maximum absolute atomic E-state index is 11.2. The van der Waals surface area contributed by atoms with Gasteiger partial charge in [0.15, 0.2) is 5.03 Å². The third kappa shape index (κ3) is 4.09. The maximum atomic E-state index is 11.2. The summed E-state index contributed by atoms with van der Waals surface area (Å²) in [5.74, 6) is 0.295. The molecule has 1 aromatic carbocycles. The first kappa shape index (κ1) is 14.1. The van der Waals surface area contributed by atoms with E-state index in [4.69, 9.17) is 27.0 Å². The van der Waals surface area contributed by atoms with Crippen molar-refractivity contribution in [2.75, 3.05) is 0 Å². The van der Waals surface area contributed by atoms with Gasteiger partial charge in [0.25, 0.3) is 9.05 Å². The van der Waals surface area contributed by atoms with Crippen molar-refractivity contribution in [1.82, 2.24) is 4.98 Å². The van der Waals surface area contributed by atoms with Crippen molar-refractivity contribution in [2.45, 2.75) is 11.6 Å². The van der Waals surface area contributed by atoms with Gasteiger partial charge >= 0.3 is 0 Å². The summed E-state index contributed by atoms with van der Waals surface area (Å²) in [5, 5.41) is -0.325. The second-order valence-corrected chi connectivity index (χ2v) is 6.58. The number of nitrogens with zero attached hydrogens (tertiary/aromatic N) is 1. The van der Waals surface area contributed by atoms with Crippen LogP contribution in [0.3, 0.4) is 0 Å². The predicted molar refractivity (Wildman–Crippen MR) is 73.1 cm³/mol. The average molecular weight is 318 g/mol. The van der Waals surface area contributed by atoms with Gasteiger partial charge in [-0.2, -0.15) is 0 Å². The average Bonchev–Trinajstić information content (AvgIpc) is 2.36. The zero-order valence-electron chi connectivity index (χ0n) is 9.58. The van der Waals surface area contributed by atoms with E-state index in [2.05, 4.69) is 4.98 Å². The van der Waals surface area contributed by atoms with Crippen molar-refractivity contribution in [3.8, 4) is 5.75 Å². The van der Waals surface area contributed by atoms with E-state index in [0.29, 0.717) is 12.4 Å². The largest absolute Gasteiger partial charge is 0.489 e. The molecule has 0 aliphatic heterocycles. The van der Waals surface area contributed by atoms with Gasteiger partial charge in [0.2, 0.25) is 0 Å². The van der Waals surface area contributed by atoms with Crippen molar-refractivity contribution in [1.29, 1.82) is 0 Å². The Morgan fingerprint density at radius 1 is 1.16 bits per heavy atom. The fraction of sp³-hybridized carbons (Fsp3) is 0.0833. The lowest BCUT2D eigenvalue weighted by atomic mass is 10.2. The van der Waals surface area contributed by atoms with E-state index in [0.717, 1.165) is 5.56 Å². The predicted octanol–water partition coefficient (Wildman–Crippen LogP) is 3.24. The van der Waals surface area contributed by atoms with E-state index in [-0.39, 0.29) is 10.2 Å². The normalized spacial score (nSPS) is 11.3. The minimum Gasteiger partial charge on any atom is -0.489 e. The zero-order valence-corrected chi connectivity index (χ0v) is 11.9. The number of pyridine rings is 1. The Hall–Kier alpha value is -1.30. The molecule has 0 unspecified atom stereocenters. The molecular weight excluding hydrogens is 309 g/mol. The van der Waals surface area contributed by atoms with Crippen LogP contribution < -0.4 is 4.74 Å². The van der Waals surface area contributed by atoms with E-state index >= 15 is 0 Å². The standard InChI is InChI=1S/C12H9Cl2NO3S/c13-11-6-10(7-12(15-11)19(14,16)17)18-8-9-4-2-1-3-5-9/h1-7H,8H2. The van der Waals surface area contributed by atoms with Crippen LogP contribution in [0.1, 0.15) is 5.56 Å². The molecule has 0 radical (unpaired) electrons. The molecule has 7 heteroatoms. The van der Waals surface area contributed by atoms with Crippen molar-refractivity contribution < 1.29 is 13.2 Å². The number of hydrogen-bond donors (Lipinski definition) is 0. The first-order chi connectivity index (χ1) is 8.95. The van der Waals surface area contributed by atoms with Gasteiger partial charge in [-0.25, -0.2) is 13.4 Å². The number of aromatic nitrogens is 1. The van der Waals surface area contributed by atoms with Gasteiger partial charge in [-0.15, -0.1) is 0 Å². The third-order valence-electron chi connectivity index (χ3n) is 2.24. The lowest BCUT2D eigenvalue weighted by molar-refractivity contribution is 0.305. The van der Waals surface area contributed by atoms with Crippen molar-refractivity contribution in [3.05, 3.63) is 53.2 Å². The van der Waals surface area contributed by atoms with Gasteiger partial charge in [-0.3, -0.25) is 0 Å². The van der Waals surface area contributed by atoms with Crippen LogP contribution in [0.15, 0.2) is 47.5 Å². The maximum Gasteiger partial charge on any atom is 0.278 e. The van der Waals surface area contributed by atoms with Gasteiger partial charge < -0.3 is 4.74 Å². The molecule has 0 spiro atoms. The second-order valence-electron chi connectivity index (χ2n) is 3.68. The lowest BCUT2D eigenvalue weighted by Gasteiger charge is -2.07. The van der Waals surface area contributed by atoms with Gasteiger partial charge in [0, 0.05) is 22.8 Å². The molecule has 1 aromatic heterocycles. The smallest absolute Gasteiger partial charge is 0.278 e. The number of hydrogen-bond acceptors (Lipinski definition) is 4. The van der Waals surface area contributed by atoms with E-state index < -0.39 is 9.05 Å². The van der Waals surface area contributed by atoms with Crippen LogP contribution in [-0.2, 0) is 15.7 Å². The molecular formula is C12H9Cl2NO3S. The van der Waals surface area contributed by atoms with Crippen LogP contribution in [0, 0.1) is 0 Å². The number of halogens is 2. The minimum absolute atomic E-state index is 0.00443. The van der Waals surface area contributed by atoms with Gasteiger partial charge in [0.05, 0.1) is 0 Å². The third-order valence-corrected chi connectivity index (χ3v) is 3.62. The molecule has 0 aliphatic carbocycles. The van der Waals surface area contributed by atoms with Gasteiger partial charge in [0.1, 0.15) is 17.5 Å². The second kappa shape index (κ2) is 5.77. The molecule has 19 heavy (non-hydrogen) atoms. The van der Waals surface area contributed by atoms with Crippen molar-refractivity contribution in [2.24, 2.45) is 0 Å². The highest BCUT2D eigenvalue weighted by molar-refractivity contribution is 8.13. The molecule has 0 fully saturated rings. The van der Waals surface area contributed by atoms with Crippen LogP contribution in [0.25, 0.3) is 0 Å². The summed E-state index contributed by atoms with van der Waals surface area (Å²) >= 11 is 5.72. The molecule has 0 amide bonds. The van der Waals surface area contributed by atoms with E-state index in [1.807, 2.05) is 30.3 Å². The van der Waals surface area contributed by atoms with Gasteiger partial charge in [-0.05, 0) is 5.56 Å². The van der Waals surface area contributed by atoms with Crippen LogP contribution in [0.4, 0.5) is 0 Å². The molecule has 2 rings (SSSR count). The zero-order chi connectivity index (χ0) is 13.9. The Balaban J connectivity index is 2.19. The summed E-state index contributed by atoms with van der Waals surface area (Å²) in [6.07, 6.45) is 0. The Morgan fingerprint density at radius 3 is 2.47 bits per heavy atom. The molecule has 0 saturated heterocycles. The highest BCUT2D eigenvalue weighted by Crippen LogP contribution is 2.23. The fourth-order valence-electron chi connectivity index (χ4n) is 1.40. The summed E-state index contributed by atoms with van der Waals surface area (Å²) in [7, 11) is 1.28. The SMILES string of the molecule is O=S(=O)(Cl)c1cc(OCc2ccccc2)cc(Cl)n1. The van der Waals surface area contributed by atoms with Crippen molar-refractivity contribution in [3.63, 3.8) is 0 Å². The summed E-state index contributed by atoms with van der Waals surface area (Å²) in [5.41, 5.74) is 0.950. The number of rotatable bonds is 4. The summed E-state index contributed by atoms with van der Waals surface area (Å²) in [4.78, 5) is 3.63. The monoisotopic (exact) mass is 317 g/mol. The Morgan fingerprint density at radius 2 is 1.84 bits per heavy atom. The molecule has 0 aliphatic rings. The molecule has 0 atom stereocenters. The quantitative estimate of drug-likeness (QED) is 0.641. The Bertz CT molecular complexity index is 675. The number of ether oxygens (including phenoxy) is 1. The summed E-state index contributed by atoms with van der Waals surface area (Å²) in [6.45, 7) is 0.295. The lowest BCUT2D eigenvalue weighted by Crippen LogP contribution is -1.99. The Kier molecular flexibility index (Phi) is 4.29. The fourth-order valence-corrected chi connectivity index (χ4v) is 2.35. The van der Waals surface area contributed by atoms with E-state index in [1.54, 1.807) is 0 Å². The highest BCUT2D eigenvalue weighted by atomic mass is 35.7. The van der Waals surface area contributed by atoms with Crippen molar-refractivity contribution >= 4 is 31.3 Å². The molecule has 2 aromatic rings. The molecule has 0 N–H and O–H groups in total. The molecule has 1 heterocycles. The van der Waals surface area contributed by atoms with Crippen LogP contribution in [0.2, 0.25) is 5.15 Å². The number of benzene rings is 1. The van der Waals surface area contributed by atoms with Crippen LogP contribution >= 0.6 is 22.3 Å².